The summed E-state index contributed by atoms with van der Waals surface area (Å²) in [5.41, 5.74) is -0.0507. The molecule has 0 radical (unpaired) electrons. The highest BCUT2D eigenvalue weighted by molar-refractivity contribution is 5.67. The van der Waals surface area contributed by atoms with Gasteiger partial charge in [-0.15, -0.1) is 13.2 Å². The molecule has 0 aliphatic carbocycles. The number of ether oxygens (including phenoxy) is 3. The molecule has 0 saturated carbocycles. The Morgan fingerprint density at radius 3 is 2.52 bits per heavy atom. The largest absolute Gasteiger partial charge is 0.573 e. The van der Waals surface area contributed by atoms with Crippen LogP contribution in [0.5, 0.6) is 11.8 Å². The molecule has 2 aromatic rings. The number of halogens is 3. The standard InChI is InChI=1S/C18H17F3N4O6/c19-18(20,21)30-13-3-1-12(2-4-13)10-29-16(26)23-7-5-17(6-8-23)11-24-9-14(25(27)28)22-15(24)31-17/h1-4,9H,5-8,10-11H2. The number of hydrogen-bond donors (Lipinski definition) is 0. The van der Waals surface area contributed by atoms with Gasteiger partial charge in [0.1, 0.15) is 24.2 Å². The molecule has 1 aromatic heterocycles. The van der Waals surface area contributed by atoms with Crippen molar-refractivity contribution in [2.75, 3.05) is 13.1 Å². The molecule has 1 aromatic carbocycles. The molecule has 0 bridgehead atoms. The molecule has 0 N–H and O–H groups in total. The average molecular weight is 442 g/mol. The van der Waals surface area contributed by atoms with Crippen LogP contribution in [0.2, 0.25) is 0 Å². The molecule has 31 heavy (non-hydrogen) atoms. The number of alkyl halides is 3. The summed E-state index contributed by atoms with van der Waals surface area (Å²) < 4.78 is 53.0. The van der Waals surface area contributed by atoms with E-state index in [1.807, 2.05) is 0 Å². The third kappa shape index (κ3) is 4.64. The van der Waals surface area contributed by atoms with Gasteiger partial charge in [0.25, 0.3) is 0 Å². The molecule has 1 spiro atoms. The summed E-state index contributed by atoms with van der Waals surface area (Å²) in [5, 5.41) is 10.8. The lowest BCUT2D eigenvalue weighted by Crippen LogP contribution is -2.49. The van der Waals surface area contributed by atoms with Crippen molar-refractivity contribution in [1.82, 2.24) is 14.5 Å². The van der Waals surface area contributed by atoms with Gasteiger partial charge in [0.15, 0.2) is 0 Å². The number of rotatable bonds is 4. The van der Waals surface area contributed by atoms with Crippen molar-refractivity contribution < 1.29 is 37.1 Å². The Morgan fingerprint density at radius 2 is 1.94 bits per heavy atom. The minimum Gasteiger partial charge on any atom is -0.445 e. The fraction of sp³-hybridized carbons (Fsp3) is 0.444. The highest BCUT2D eigenvalue weighted by atomic mass is 19.4. The van der Waals surface area contributed by atoms with Crippen molar-refractivity contribution in [1.29, 1.82) is 0 Å². The van der Waals surface area contributed by atoms with Crippen molar-refractivity contribution in [3.05, 3.63) is 46.1 Å². The van der Waals surface area contributed by atoms with E-state index in [2.05, 4.69) is 9.72 Å². The third-order valence-corrected chi connectivity index (χ3v) is 5.13. The molecule has 1 saturated heterocycles. The molecule has 0 unspecified atom stereocenters. The van der Waals surface area contributed by atoms with E-state index in [0.717, 1.165) is 12.1 Å². The molecular weight excluding hydrogens is 425 g/mol. The Kier molecular flexibility index (Phi) is 5.11. The highest BCUT2D eigenvalue weighted by Crippen LogP contribution is 2.37. The molecule has 10 nitrogen and oxygen atoms in total. The molecule has 2 aliphatic heterocycles. The minimum atomic E-state index is -4.77. The normalized spacial score (nSPS) is 17.2. The lowest BCUT2D eigenvalue weighted by Gasteiger charge is -2.36. The van der Waals surface area contributed by atoms with E-state index in [0.29, 0.717) is 38.0 Å². The average Bonchev–Trinajstić information content (AvgIpc) is 3.23. The Morgan fingerprint density at radius 1 is 1.26 bits per heavy atom. The number of amides is 1. The number of aromatic nitrogens is 2. The SMILES string of the molecule is O=C(OCc1ccc(OC(F)(F)F)cc1)N1CCC2(CC1)Cn1cc([N+](=O)[O-])nc1O2. The molecule has 1 amide bonds. The maximum Gasteiger partial charge on any atom is 0.573 e. The van der Waals surface area contributed by atoms with Crippen LogP contribution in [0, 0.1) is 10.1 Å². The van der Waals surface area contributed by atoms with E-state index in [-0.39, 0.29) is 24.2 Å². The maximum absolute atomic E-state index is 12.3. The zero-order chi connectivity index (χ0) is 22.2. The van der Waals surface area contributed by atoms with Crippen molar-refractivity contribution in [3.63, 3.8) is 0 Å². The summed E-state index contributed by atoms with van der Waals surface area (Å²) in [6, 6.07) is 5.25. The first-order valence-electron chi connectivity index (χ1n) is 9.29. The maximum atomic E-state index is 12.3. The van der Waals surface area contributed by atoms with Crippen LogP contribution in [0.25, 0.3) is 0 Å². The summed E-state index contributed by atoms with van der Waals surface area (Å²) in [4.78, 5) is 27.9. The van der Waals surface area contributed by atoms with Gasteiger partial charge < -0.3 is 29.2 Å². The minimum absolute atomic E-state index is 0.0949. The third-order valence-electron chi connectivity index (χ3n) is 5.13. The van der Waals surface area contributed by atoms with Crippen LogP contribution in [0.1, 0.15) is 18.4 Å². The molecule has 0 atom stereocenters. The van der Waals surface area contributed by atoms with E-state index >= 15 is 0 Å². The lowest BCUT2D eigenvalue weighted by atomic mass is 9.91. The summed E-state index contributed by atoms with van der Waals surface area (Å²) >= 11 is 0. The summed E-state index contributed by atoms with van der Waals surface area (Å²) in [6.45, 7) is 1.05. The fourth-order valence-corrected chi connectivity index (χ4v) is 3.59. The van der Waals surface area contributed by atoms with Crippen LogP contribution in [0.4, 0.5) is 23.8 Å². The van der Waals surface area contributed by atoms with Gasteiger partial charge in [-0.1, -0.05) is 12.1 Å². The zero-order valence-corrected chi connectivity index (χ0v) is 16.0. The fourth-order valence-electron chi connectivity index (χ4n) is 3.59. The van der Waals surface area contributed by atoms with E-state index in [9.17, 15) is 28.1 Å². The van der Waals surface area contributed by atoms with Crippen LogP contribution < -0.4 is 9.47 Å². The van der Waals surface area contributed by atoms with Crippen LogP contribution in [-0.4, -0.2) is 50.5 Å². The van der Waals surface area contributed by atoms with Gasteiger partial charge >= 0.3 is 24.3 Å². The smallest absolute Gasteiger partial charge is 0.445 e. The van der Waals surface area contributed by atoms with Crippen LogP contribution in [-0.2, 0) is 17.9 Å². The number of nitro groups is 1. The first kappa shape index (κ1) is 20.8. The molecule has 13 heteroatoms. The van der Waals surface area contributed by atoms with Crippen LogP contribution in [0.15, 0.2) is 30.5 Å². The monoisotopic (exact) mass is 442 g/mol. The number of likely N-dealkylation sites (tertiary alicyclic amines) is 1. The number of carbonyl (C=O) groups excluding carboxylic acids is 1. The Bertz CT molecular complexity index is 958. The van der Waals surface area contributed by atoms with Crippen molar-refractivity contribution >= 4 is 11.9 Å². The molecular formula is C18H17F3N4O6. The number of benzene rings is 1. The summed E-state index contributed by atoms with van der Waals surface area (Å²) in [7, 11) is 0. The summed E-state index contributed by atoms with van der Waals surface area (Å²) in [5.74, 6) is -0.630. The lowest BCUT2D eigenvalue weighted by molar-refractivity contribution is -0.389. The van der Waals surface area contributed by atoms with Gasteiger partial charge in [0, 0.05) is 30.9 Å². The van der Waals surface area contributed by atoms with E-state index in [1.54, 1.807) is 4.57 Å². The predicted octanol–water partition coefficient (Wildman–Crippen LogP) is 3.25. The Labute approximate surface area is 173 Å². The molecule has 1 fully saturated rings. The van der Waals surface area contributed by atoms with Crippen molar-refractivity contribution in [2.24, 2.45) is 0 Å². The van der Waals surface area contributed by atoms with Crippen LogP contribution >= 0.6 is 0 Å². The van der Waals surface area contributed by atoms with Gasteiger partial charge in [0.2, 0.25) is 0 Å². The topological polar surface area (TPSA) is 109 Å². The van der Waals surface area contributed by atoms with Crippen molar-refractivity contribution in [2.45, 2.75) is 38.0 Å². The van der Waals surface area contributed by atoms with Gasteiger partial charge in [-0.3, -0.25) is 4.57 Å². The second kappa shape index (κ2) is 7.63. The Balaban J connectivity index is 1.25. The number of carbonyl (C=O) groups is 1. The molecule has 2 aliphatic rings. The van der Waals surface area contributed by atoms with E-state index in [1.165, 1.54) is 23.2 Å². The van der Waals surface area contributed by atoms with Gasteiger partial charge in [-0.05, 0) is 22.6 Å². The van der Waals surface area contributed by atoms with E-state index < -0.39 is 23.0 Å². The van der Waals surface area contributed by atoms with E-state index in [4.69, 9.17) is 9.47 Å². The number of fused-ring (bicyclic) bond motifs is 1. The molecule has 166 valence electrons. The number of imidazole rings is 1. The number of hydrogen-bond acceptors (Lipinski definition) is 7. The highest BCUT2D eigenvalue weighted by Gasteiger charge is 2.46. The second-order valence-electron chi connectivity index (χ2n) is 7.29. The molecule has 3 heterocycles. The van der Waals surface area contributed by atoms with Gasteiger partial charge in [0.05, 0.1) is 6.54 Å². The first-order chi connectivity index (χ1) is 14.6. The molecule has 4 rings (SSSR count). The second-order valence-corrected chi connectivity index (χ2v) is 7.29. The summed E-state index contributed by atoms with van der Waals surface area (Å²) in [6.07, 6.45) is -2.98. The van der Waals surface area contributed by atoms with Gasteiger partial charge in [-0.25, -0.2) is 4.79 Å². The zero-order valence-electron chi connectivity index (χ0n) is 16.0. The quantitative estimate of drug-likeness (QED) is 0.528. The number of nitrogens with zero attached hydrogens (tertiary/aromatic N) is 4. The predicted molar refractivity (Wildman–Crippen MR) is 96.4 cm³/mol. The number of piperidine rings is 1. The Hall–Kier alpha value is -3.51. The first-order valence-corrected chi connectivity index (χ1v) is 9.29. The van der Waals surface area contributed by atoms with Crippen LogP contribution in [0.3, 0.4) is 0 Å². The van der Waals surface area contributed by atoms with Crippen molar-refractivity contribution in [3.8, 4) is 11.8 Å². The van der Waals surface area contributed by atoms with Gasteiger partial charge in [-0.2, -0.15) is 0 Å².